The summed E-state index contributed by atoms with van der Waals surface area (Å²) >= 11 is 0. The van der Waals surface area contributed by atoms with Gasteiger partial charge in [0.25, 0.3) is 0 Å². The van der Waals surface area contributed by atoms with E-state index in [9.17, 15) is 14.7 Å². The maximum atomic E-state index is 11.3. The van der Waals surface area contributed by atoms with Crippen molar-refractivity contribution in [3.05, 3.63) is 0 Å². The van der Waals surface area contributed by atoms with Gasteiger partial charge in [-0.15, -0.1) is 0 Å². The Kier molecular flexibility index (Phi) is 16.6. The highest BCUT2D eigenvalue weighted by Crippen LogP contribution is 2.19. The van der Waals surface area contributed by atoms with Crippen LogP contribution in [0.25, 0.3) is 0 Å². The highest BCUT2D eigenvalue weighted by molar-refractivity contribution is 5.75. The Morgan fingerprint density at radius 2 is 1.27 bits per heavy atom. The number of rotatable bonds is 19. The van der Waals surface area contributed by atoms with E-state index >= 15 is 0 Å². The van der Waals surface area contributed by atoms with Crippen molar-refractivity contribution in [1.29, 1.82) is 0 Å². The first-order valence-electron chi connectivity index (χ1n) is 10.7. The lowest BCUT2D eigenvalue weighted by Crippen LogP contribution is -2.39. The zero-order valence-electron chi connectivity index (χ0n) is 17.0. The van der Waals surface area contributed by atoms with E-state index in [0.717, 1.165) is 12.8 Å². The predicted molar refractivity (Wildman–Crippen MR) is 107 cm³/mol. The summed E-state index contributed by atoms with van der Waals surface area (Å²) in [5, 5.41) is 21.2. The molecule has 0 aliphatic heterocycles. The van der Waals surface area contributed by atoms with Crippen LogP contribution in [0.2, 0.25) is 0 Å². The van der Waals surface area contributed by atoms with Crippen LogP contribution in [0.1, 0.15) is 104 Å². The van der Waals surface area contributed by atoms with Crippen molar-refractivity contribution in [2.75, 3.05) is 6.54 Å². The van der Waals surface area contributed by atoms with Gasteiger partial charge in [0, 0.05) is 6.42 Å². The number of hydrogen-bond acceptors (Lipinski definition) is 3. The second-order valence-corrected chi connectivity index (χ2v) is 7.50. The van der Waals surface area contributed by atoms with E-state index in [0.29, 0.717) is 12.5 Å². The molecule has 0 rings (SSSR count). The summed E-state index contributed by atoms with van der Waals surface area (Å²) in [6.07, 6.45) is 14.9. The van der Waals surface area contributed by atoms with Crippen molar-refractivity contribution in [2.45, 2.75) is 110 Å². The average Bonchev–Trinajstić information content (AvgIpc) is 2.60. The van der Waals surface area contributed by atoms with Gasteiger partial charge in [0.1, 0.15) is 6.04 Å². The van der Waals surface area contributed by atoms with Crippen LogP contribution in [-0.4, -0.2) is 34.7 Å². The maximum Gasteiger partial charge on any atom is 0.320 e. The SMILES string of the molecule is CCCCCCCCC(CCCCCC)CNC(CCC(=O)O)C(=O)O. The topological polar surface area (TPSA) is 86.6 Å². The normalized spacial score (nSPS) is 13.5. The van der Waals surface area contributed by atoms with Crippen LogP contribution in [0, 0.1) is 5.92 Å². The fraction of sp³-hybridized carbons (Fsp3) is 0.905. The van der Waals surface area contributed by atoms with Gasteiger partial charge in [0.05, 0.1) is 0 Å². The molecule has 3 N–H and O–H groups in total. The first-order chi connectivity index (χ1) is 12.5. The minimum Gasteiger partial charge on any atom is -0.481 e. The highest BCUT2D eigenvalue weighted by Gasteiger charge is 2.19. The molecule has 0 radical (unpaired) electrons. The van der Waals surface area contributed by atoms with Gasteiger partial charge in [-0.3, -0.25) is 9.59 Å². The lowest BCUT2D eigenvalue weighted by Gasteiger charge is -2.21. The molecule has 0 amide bonds. The molecule has 5 heteroatoms. The average molecular weight is 372 g/mol. The summed E-state index contributed by atoms with van der Waals surface area (Å²) in [7, 11) is 0. The fourth-order valence-corrected chi connectivity index (χ4v) is 3.31. The van der Waals surface area contributed by atoms with Crippen LogP contribution in [0.15, 0.2) is 0 Å². The second kappa shape index (κ2) is 17.3. The number of carboxylic acid groups (broad SMARTS) is 2. The van der Waals surface area contributed by atoms with Crippen molar-refractivity contribution < 1.29 is 19.8 Å². The van der Waals surface area contributed by atoms with Crippen LogP contribution in [-0.2, 0) is 9.59 Å². The van der Waals surface area contributed by atoms with E-state index in [4.69, 9.17) is 5.11 Å². The maximum absolute atomic E-state index is 11.3. The van der Waals surface area contributed by atoms with Gasteiger partial charge in [-0.25, -0.2) is 0 Å². The third-order valence-corrected chi connectivity index (χ3v) is 5.03. The van der Waals surface area contributed by atoms with E-state index in [1.807, 2.05) is 0 Å². The van der Waals surface area contributed by atoms with Crippen LogP contribution in [0.5, 0.6) is 0 Å². The van der Waals surface area contributed by atoms with Crippen molar-refractivity contribution in [1.82, 2.24) is 5.32 Å². The molecule has 0 aromatic carbocycles. The van der Waals surface area contributed by atoms with Gasteiger partial charge in [0.2, 0.25) is 0 Å². The van der Waals surface area contributed by atoms with Gasteiger partial charge in [-0.2, -0.15) is 0 Å². The highest BCUT2D eigenvalue weighted by atomic mass is 16.4. The molecule has 0 bridgehead atoms. The van der Waals surface area contributed by atoms with Gasteiger partial charge >= 0.3 is 11.9 Å². The molecule has 0 fully saturated rings. The molecule has 154 valence electrons. The van der Waals surface area contributed by atoms with E-state index in [1.54, 1.807) is 0 Å². The van der Waals surface area contributed by atoms with Crippen molar-refractivity contribution in [2.24, 2.45) is 5.92 Å². The van der Waals surface area contributed by atoms with Crippen LogP contribution < -0.4 is 5.32 Å². The summed E-state index contributed by atoms with van der Waals surface area (Å²) < 4.78 is 0. The van der Waals surface area contributed by atoms with Crippen molar-refractivity contribution in [3.8, 4) is 0 Å². The number of hydrogen-bond donors (Lipinski definition) is 3. The van der Waals surface area contributed by atoms with Crippen molar-refractivity contribution >= 4 is 11.9 Å². The minimum absolute atomic E-state index is 0.109. The molecule has 0 aromatic rings. The lowest BCUT2D eigenvalue weighted by molar-refractivity contribution is -0.140. The van der Waals surface area contributed by atoms with Gasteiger partial charge in [-0.1, -0.05) is 78.1 Å². The number of nitrogens with one attached hydrogen (secondary N) is 1. The summed E-state index contributed by atoms with van der Waals surface area (Å²) in [6, 6.07) is -0.756. The molecule has 0 aliphatic carbocycles. The number of carboxylic acids is 2. The number of carbonyl (C=O) groups is 2. The zero-order valence-corrected chi connectivity index (χ0v) is 17.0. The summed E-state index contributed by atoms with van der Waals surface area (Å²) in [6.45, 7) is 5.11. The van der Waals surface area contributed by atoms with E-state index < -0.39 is 18.0 Å². The Hall–Kier alpha value is -1.10. The smallest absolute Gasteiger partial charge is 0.320 e. The monoisotopic (exact) mass is 371 g/mol. The second-order valence-electron chi connectivity index (χ2n) is 7.50. The molecule has 5 nitrogen and oxygen atoms in total. The Morgan fingerprint density at radius 3 is 1.77 bits per heavy atom. The number of aliphatic carboxylic acids is 2. The molecule has 2 atom stereocenters. The molecule has 0 aromatic heterocycles. The van der Waals surface area contributed by atoms with Gasteiger partial charge in [0.15, 0.2) is 0 Å². The van der Waals surface area contributed by atoms with Crippen molar-refractivity contribution in [3.63, 3.8) is 0 Å². The largest absolute Gasteiger partial charge is 0.481 e. The molecular formula is C21H41NO4. The third-order valence-electron chi connectivity index (χ3n) is 5.03. The molecule has 0 heterocycles. The van der Waals surface area contributed by atoms with Crippen LogP contribution in [0.3, 0.4) is 0 Å². The minimum atomic E-state index is -0.949. The standard InChI is InChI=1S/C21H41NO4/c1-3-5-7-9-10-12-14-18(13-11-8-6-4-2)17-22-19(21(25)26)15-16-20(23)24/h18-19,22H,3-17H2,1-2H3,(H,23,24)(H,25,26). The molecule has 0 saturated heterocycles. The summed E-state index contributed by atoms with van der Waals surface area (Å²) in [5.41, 5.74) is 0. The fourth-order valence-electron chi connectivity index (χ4n) is 3.31. The summed E-state index contributed by atoms with van der Waals surface area (Å²) in [5.74, 6) is -1.40. The van der Waals surface area contributed by atoms with Crippen LogP contribution in [0.4, 0.5) is 0 Å². The van der Waals surface area contributed by atoms with E-state index in [1.165, 1.54) is 64.2 Å². The van der Waals surface area contributed by atoms with Gasteiger partial charge < -0.3 is 15.5 Å². The Balaban J connectivity index is 4.28. The number of unbranched alkanes of at least 4 members (excludes halogenated alkanes) is 8. The summed E-state index contributed by atoms with van der Waals surface area (Å²) in [4.78, 5) is 22.0. The van der Waals surface area contributed by atoms with Gasteiger partial charge in [-0.05, 0) is 31.7 Å². The van der Waals surface area contributed by atoms with Crippen LogP contribution >= 0.6 is 0 Å². The first kappa shape index (κ1) is 24.9. The first-order valence-corrected chi connectivity index (χ1v) is 10.7. The predicted octanol–water partition coefficient (Wildman–Crippen LogP) is 5.23. The molecule has 26 heavy (non-hydrogen) atoms. The molecule has 0 spiro atoms. The molecule has 2 unspecified atom stereocenters. The molecule has 0 saturated carbocycles. The Bertz CT molecular complexity index is 360. The molecular weight excluding hydrogens is 330 g/mol. The Morgan fingerprint density at radius 1 is 0.769 bits per heavy atom. The zero-order chi connectivity index (χ0) is 19.6. The lowest BCUT2D eigenvalue weighted by atomic mass is 9.93. The quantitative estimate of drug-likeness (QED) is 0.271. The van der Waals surface area contributed by atoms with E-state index in [2.05, 4.69) is 19.2 Å². The molecule has 0 aliphatic rings. The Labute approximate surface area is 159 Å². The van der Waals surface area contributed by atoms with E-state index in [-0.39, 0.29) is 12.8 Å². The third kappa shape index (κ3) is 15.2.